The fourth-order valence-corrected chi connectivity index (χ4v) is 5.29. The summed E-state index contributed by atoms with van der Waals surface area (Å²) in [5.74, 6) is -0.279. The van der Waals surface area contributed by atoms with E-state index in [2.05, 4.69) is 17.1 Å². The Bertz CT molecular complexity index is 484. The molecule has 1 aliphatic heterocycles. The van der Waals surface area contributed by atoms with Crippen molar-refractivity contribution in [2.75, 3.05) is 25.9 Å². The number of nitrogens with zero attached hydrogens (tertiary/aromatic N) is 1. The molecule has 1 unspecified atom stereocenters. The lowest BCUT2D eigenvalue weighted by molar-refractivity contribution is -0.123. The average Bonchev–Trinajstić information content (AvgIpc) is 2.95. The lowest BCUT2D eigenvalue weighted by atomic mass is 10.0. The Labute approximate surface area is 134 Å². The molecule has 0 aromatic rings. The summed E-state index contributed by atoms with van der Waals surface area (Å²) >= 11 is 0. The van der Waals surface area contributed by atoms with Crippen LogP contribution in [0.2, 0.25) is 0 Å². The normalized spacial score (nSPS) is 26.0. The number of hydrogen-bond acceptors (Lipinski definition) is 4. The molecule has 1 saturated carbocycles. The molecule has 1 heterocycles. The smallest absolute Gasteiger partial charge is 0.241 e. The van der Waals surface area contributed by atoms with E-state index < -0.39 is 14.6 Å². The lowest BCUT2D eigenvalue weighted by Gasteiger charge is -2.33. The zero-order valence-corrected chi connectivity index (χ0v) is 14.8. The van der Waals surface area contributed by atoms with Gasteiger partial charge in [-0.15, -0.1) is 0 Å². The van der Waals surface area contributed by atoms with Crippen LogP contribution in [-0.4, -0.2) is 55.9 Å². The van der Waals surface area contributed by atoms with E-state index >= 15 is 0 Å². The van der Waals surface area contributed by atoms with E-state index in [1.54, 1.807) is 0 Å². The van der Waals surface area contributed by atoms with Gasteiger partial charge in [0.1, 0.15) is 4.75 Å². The molecule has 1 amide bonds. The summed E-state index contributed by atoms with van der Waals surface area (Å²) in [6.45, 7) is 4.95. The zero-order chi connectivity index (χ0) is 16.2. The summed E-state index contributed by atoms with van der Waals surface area (Å²) in [6.07, 6.45) is 8.51. The molecule has 22 heavy (non-hydrogen) atoms. The highest BCUT2D eigenvalue weighted by molar-refractivity contribution is 7.92. The van der Waals surface area contributed by atoms with Gasteiger partial charge in [-0.05, 0) is 45.6 Å². The van der Waals surface area contributed by atoms with E-state index in [0.717, 1.165) is 32.4 Å². The molecule has 6 heteroatoms. The highest BCUT2D eigenvalue weighted by Crippen LogP contribution is 2.36. The lowest BCUT2D eigenvalue weighted by Crippen LogP contribution is -2.50. The molecule has 2 fully saturated rings. The van der Waals surface area contributed by atoms with Crippen molar-refractivity contribution in [3.63, 3.8) is 0 Å². The summed E-state index contributed by atoms with van der Waals surface area (Å²) in [4.78, 5) is 14.9. The van der Waals surface area contributed by atoms with Crippen LogP contribution in [0.15, 0.2) is 0 Å². The van der Waals surface area contributed by atoms with Crippen molar-refractivity contribution in [3.05, 3.63) is 0 Å². The number of hydrogen-bond donors (Lipinski definition) is 1. The summed E-state index contributed by atoms with van der Waals surface area (Å²) < 4.78 is 22.9. The first-order valence-corrected chi connectivity index (χ1v) is 10.5. The van der Waals surface area contributed by atoms with Gasteiger partial charge in [-0.25, -0.2) is 8.42 Å². The number of carbonyl (C=O) groups is 1. The van der Waals surface area contributed by atoms with Gasteiger partial charge in [0.15, 0.2) is 9.84 Å². The number of amides is 1. The SMILES string of the molecule is CC1CCCCN1CCCNC(=O)C1(S(C)(=O)=O)CCCC1. The third-order valence-corrected chi connectivity index (χ3v) is 7.40. The van der Waals surface area contributed by atoms with Gasteiger partial charge >= 0.3 is 0 Å². The molecule has 1 N–H and O–H groups in total. The van der Waals surface area contributed by atoms with Crippen LogP contribution in [0.1, 0.15) is 58.3 Å². The minimum absolute atomic E-state index is 0.279. The van der Waals surface area contributed by atoms with Crippen LogP contribution in [-0.2, 0) is 14.6 Å². The van der Waals surface area contributed by atoms with E-state index in [0.29, 0.717) is 25.4 Å². The van der Waals surface area contributed by atoms with E-state index in [-0.39, 0.29) is 5.91 Å². The number of sulfone groups is 1. The molecule has 2 rings (SSSR count). The Morgan fingerprint density at radius 1 is 1.23 bits per heavy atom. The fourth-order valence-electron chi connectivity index (χ4n) is 3.85. The molecular formula is C16H30N2O3S. The summed E-state index contributed by atoms with van der Waals surface area (Å²) in [6, 6.07) is 0.627. The molecule has 0 bridgehead atoms. The molecule has 0 spiro atoms. The van der Waals surface area contributed by atoms with E-state index in [4.69, 9.17) is 0 Å². The average molecular weight is 330 g/mol. The molecule has 2 aliphatic rings. The molecular weight excluding hydrogens is 300 g/mol. The molecule has 1 aliphatic carbocycles. The minimum Gasteiger partial charge on any atom is -0.355 e. The summed E-state index contributed by atoms with van der Waals surface area (Å²) in [5, 5.41) is 2.88. The molecule has 128 valence electrons. The van der Waals surface area contributed by atoms with Crippen molar-refractivity contribution in [2.24, 2.45) is 0 Å². The fraction of sp³-hybridized carbons (Fsp3) is 0.938. The molecule has 0 radical (unpaired) electrons. The standard InChI is InChI=1S/C16H30N2O3S/c1-14-8-3-6-12-18(14)13-7-11-17-15(19)16(22(2,20)21)9-4-5-10-16/h14H,3-13H2,1-2H3,(H,17,19). The van der Waals surface area contributed by atoms with Crippen LogP contribution in [0.4, 0.5) is 0 Å². The Kier molecular flexibility index (Phi) is 5.88. The second kappa shape index (κ2) is 7.30. The van der Waals surface area contributed by atoms with Crippen LogP contribution >= 0.6 is 0 Å². The van der Waals surface area contributed by atoms with Gasteiger partial charge < -0.3 is 10.2 Å². The van der Waals surface area contributed by atoms with Gasteiger partial charge in [0.2, 0.25) is 5.91 Å². The van der Waals surface area contributed by atoms with Crippen LogP contribution in [0.5, 0.6) is 0 Å². The largest absolute Gasteiger partial charge is 0.355 e. The number of carbonyl (C=O) groups excluding carboxylic acids is 1. The Morgan fingerprint density at radius 3 is 2.50 bits per heavy atom. The van der Waals surface area contributed by atoms with E-state index in [9.17, 15) is 13.2 Å². The van der Waals surface area contributed by atoms with Crippen LogP contribution in [0, 0.1) is 0 Å². The van der Waals surface area contributed by atoms with Crippen molar-refractivity contribution < 1.29 is 13.2 Å². The summed E-state index contributed by atoms with van der Waals surface area (Å²) in [7, 11) is -3.35. The third-order valence-electron chi connectivity index (χ3n) is 5.38. The van der Waals surface area contributed by atoms with Crippen molar-refractivity contribution >= 4 is 15.7 Å². The number of piperidine rings is 1. The van der Waals surface area contributed by atoms with Gasteiger partial charge in [-0.1, -0.05) is 19.3 Å². The van der Waals surface area contributed by atoms with E-state index in [1.165, 1.54) is 25.5 Å². The highest BCUT2D eigenvalue weighted by Gasteiger charge is 2.49. The van der Waals surface area contributed by atoms with Crippen LogP contribution in [0.25, 0.3) is 0 Å². The van der Waals surface area contributed by atoms with Gasteiger partial charge in [-0.2, -0.15) is 0 Å². The topological polar surface area (TPSA) is 66.5 Å². The number of rotatable bonds is 6. The quantitative estimate of drug-likeness (QED) is 0.753. The van der Waals surface area contributed by atoms with Crippen LogP contribution in [0.3, 0.4) is 0 Å². The second-order valence-corrected chi connectivity index (χ2v) is 9.29. The first-order chi connectivity index (χ1) is 10.4. The zero-order valence-electron chi connectivity index (χ0n) is 13.9. The first-order valence-electron chi connectivity index (χ1n) is 8.59. The van der Waals surface area contributed by atoms with Gasteiger partial charge in [0, 0.05) is 25.4 Å². The van der Waals surface area contributed by atoms with Crippen molar-refractivity contribution in [1.82, 2.24) is 10.2 Å². The summed E-state index contributed by atoms with van der Waals surface area (Å²) in [5.41, 5.74) is 0. The van der Waals surface area contributed by atoms with Crippen LogP contribution < -0.4 is 5.32 Å². The van der Waals surface area contributed by atoms with Crippen molar-refractivity contribution in [2.45, 2.75) is 69.1 Å². The predicted molar refractivity (Wildman–Crippen MR) is 88.6 cm³/mol. The Balaban J connectivity index is 1.80. The van der Waals surface area contributed by atoms with Crippen molar-refractivity contribution in [3.8, 4) is 0 Å². The predicted octanol–water partition coefficient (Wildman–Crippen LogP) is 1.72. The Morgan fingerprint density at radius 2 is 1.91 bits per heavy atom. The van der Waals surface area contributed by atoms with Crippen molar-refractivity contribution in [1.29, 1.82) is 0 Å². The van der Waals surface area contributed by atoms with Gasteiger partial charge in [-0.3, -0.25) is 4.79 Å². The third kappa shape index (κ3) is 3.82. The molecule has 0 aromatic carbocycles. The Hall–Kier alpha value is -0.620. The number of likely N-dealkylation sites (tertiary alicyclic amines) is 1. The number of nitrogens with one attached hydrogen (secondary N) is 1. The monoisotopic (exact) mass is 330 g/mol. The van der Waals surface area contributed by atoms with Gasteiger partial charge in [0.25, 0.3) is 0 Å². The molecule has 1 atom stereocenters. The molecule has 1 saturated heterocycles. The maximum absolute atomic E-state index is 12.4. The first kappa shape index (κ1) is 17.7. The maximum atomic E-state index is 12.4. The molecule has 0 aromatic heterocycles. The maximum Gasteiger partial charge on any atom is 0.241 e. The minimum atomic E-state index is -3.35. The highest BCUT2D eigenvalue weighted by atomic mass is 32.2. The molecule has 5 nitrogen and oxygen atoms in total. The van der Waals surface area contributed by atoms with Gasteiger partial charge in [0.05, 0.1) is 0 Å². The van der Waals surface area contributed by atoms with E-state index in [1.807, 2.05) is 0 Å². The second-order valence-electron chi connectivity index (χ2n) is 6.96.